The zero-order chi connectivity index (χ0) is 15.4. The minimum Gasteiger partial charge on any atom is -0.375 e. The Bertz CT molecular complexity index is 673. The topological polar surface area (TPSA) is 41.1 Å². The van der Waals surface area contributed by atoms with Gasteiger partial charge in [-0.1, -0.05) is 29.8 Å². The monoisotopic (exact) mass is 366 g/mol. The van der Waals surface area contributed by atoms with E-state index in [0.29, 0.717) is 5.02 Å². The fourth-order valence-electron chi connectivity index (χ4n) is 1.86. The van der Waals surface area contributed by atoms with Crippen LogP contribution in [0, 0.1) is 13.8 Å². The molecule has 0 bridgehead atoms. The predicted octanol–water partition coefficient (Wildman–Crippen LogP) is 4.77. The maximum Gasteiger partial charge on any atom is 0.243 e. The maximum atomic E-state index is 12.0. The summed E-state index contributed by atoms with van der Waals surface area (Å²) in [5, 5.41) is 6.62. The van der Waals surface area contributed by atoms with Crippen LogP contribution >= 0.6 is 27.5 Å². The molecule has 0 aliphatic rings. The summed E-state index contributed by atoms with van der Waals surface area (Å²) in [6, 6.07) is 11.4. The molecule has 0 aliphatic heterocycles. The number of nitrogens with one attached hydrogen (secondary N) is 2. The van der Waals surface area contributed by atoms with Crippen molar-refractivity contribution in [2.24, 2.45) is 0 Å². The lowest BCUT2D eigenvalue weighted by atomic mass is 10.2. The molecule has 5 heteroatoms. The molecule has 0 atom stereocenters. The second kappa shape index (κ2) is 6.96. The van der Waals surface area contributed by atoms with E-state index in [0.717, 1.165) is 27.0 Å². The molecule has 0 heterocycles. The van der Waals surface area contributed by atoms with Gasteiger partial charge in [0.2, 0.25) is 5.91 Å². The first-order chi connectivity index (χ1) is 9.97. The van der Waals surface area contributed by atoms with Crippen LogP contribution in [0.25, 0.3) is 0 Å². The molecule has 2 rings (SSSR count). The molecule has 0 radical (unpaired) electrons. The highest BCUT2D eigenvalue weighted by atomic mass is 79.9. The van der Waals surface area contributed by atoms with Crippen molar-refractivity contribution in [1.29, 1.82) is 0 Å². The van der Waals surface area contributed by atoms with Gasteiger partial charge in [-0.25, -0.2) is 0 Å². The van der Waals surface area contributed by atoms with Crippen molar-refractivity contribution in [2.45, 2.75) is 13.8 Å². The van der Waals surface area contributed by atoms with Gasteiger partial charge < -0.3 is 10.6 Å². The van der Waals surface area contributed by atoms with Gasteiger partial charge >= 0.3 is 0 Å². The Kier molecular flexibility index (Phi) is 5.26. The van der Waals surface area contributed by atoms with E-state index in [-0.39, 0.29) is 12.5 Å². The van der Waals surface area contributed by atoms with Crippen LogP contribution in [-0.2, 0) is 4.79 Å². The zero-order valence-electron chi connectivity index (χ0n) is 11.8. The molecule has 2 aromatic carbocycles. The van der Waals surface area contributed by atoms with Gasteiger partial charge in [-0.2, -0.15) is 0 Å². The molecular formula is C16H16BrClN2O. The van der Waals surface area contributed by atoms with Crippen LogP contribution in [0.4, 0.5) is 11.4 Å². The molecule has 0 aromatic heterocycles. The summed E-state index contributed by atoms with van der Waals surface area (Å²) in [6.07, 6.45) is 0. The van der Waals surface area contributed by atoms with Gasteiger partial charge in [-0.15, -0.1) is 0 Å². The molecule has 21 heavy (non-hydrogen) atoms. The summed E-state index contributed by atoms with van der Waals surface area (Å²) in [5.74, 6) is -0.104. The number of anilines is 2. The summed E-state index contributed by atoms with van der Waals surface area (Å²) >= 11 is 9.55. The first kappa shape index (κ1) is 15.9. The zero-order valence-corrected chi connectivity index (χ0v) is 14.2. The van der Waals surface area contributed by atoms with Crippen LogP contribution in [0.1, 0.15) is 11.1 Å². The lowest BCUT2D eigenvalue weighted by molar-refractivity contribution is -0.114. The predicted molar refractivity (Wildman–Crippen MR) is 92.2 cm³/mol. The average Bonchev–Trinajstić information content (AvgIpc) is 2.44. The molecule has 0 saturated carbocycles. The van der Waals surface area contributed by atoms with Crippen LogP contribution in [0.3, 0.4) is 0 Å². The number of halogens is 2. The molecule has 0 spiro atoms. The molecule has 110 valence electrons. The standard InChI is InChI=1S/C16H16BrClN2O/c1-10-5-3-4-6-14(10)20-16(21)9-19-15-8-13(18)11(2)7-12(15)17/h3-8,19H,9H2,1-2H3,(H,20,21). The largest absolute Gasteiger partial charge is 0.375 e. The van der Waals surface area contributed by atoms with Crippen molar-refractivity contribution in [1.82, 2.24) is 0 Å². The second-order valence-corrected chi connectivity index (χ2v) is 6.06. The number of carbonyl (C=O) groups is 1. The van der Waals surface area contributed by atoms with E-state index in [2.05, 4.69) is 26.6 Å². The number of hydrogen-bond acceptors (Lipinski definition) is 2. The van der Waals surface area contributed by atoms with Gasteiger partial charge in [-0.05, 0) is 59.1 Å². The van der Waals surface area contributed by atoms with Gasteiger partial charge in [0, 0.05) is 15.2 Å². The van der Waals surface area contributed by atoms with Gasteiger partial charge in [0.25, 0.3) is 0 Å². The van der Waals surface area contributed by atoms with Crippen molar-refractivity contribution in [2.75, 3.05) is 17.2 Å². The third-order valence-corrected chi connectivity index (χ3v) is 4.17. The molecule has 0 aliphatic carbocycles. The van der Waals surface area contributed by atoms with Crippen LogP contribution in [-0.4, -0.2) is 12.5 Å². The Morgan fingerprint density at radius 2 is 1.86 bits per heavy atom. The Hall–Kier alpha value is -1.52. The highest BCUT2D eigenvalue weighted by molar-refractivity contribution is 9.10. The van der Waals surface area contributed by atoms with Crippen LogP contribution in [0.5, 0.6) is 0 Å². The maximum absolute atomic E-state index is 12.0. The second-order valence-electron chi connectivity index (χ2n) is 4.80. The van der Waals surface area contributed by atoms with E-state index in [1.54, 1.807) is 0 Å². The number of benzene rings is 2. The third kappa shape index (κ3) is 4.22. The minimum absolute atomic E-state index is 0.104. The van der Waals surface area contributed by atoms with E-state index in [1.807, 2.05) is 50.2 Å². The van der Waals surface area contributed by atoms with Crippen molar-refractivity contribution < 1.29 is 4.79 Å². The first-order valence-electron chi connectivity index (χ1n) is 6.52. The molecular weight excluding hydrogens is 352 g/mol. The number of carbonyl (C=O) groups excluding carboxylic acids is 1. The molecule has 0 fully saturated rings. The summed E-state index contributed by atoms with van der Waals surface area (Å²) in [6.45, 7) is 4.06. The van der Waals surface area contributed by atoms with Crippen molar-refractivity contribution in [3.63, 3.8) is 0 Å². The van der Waals surface area contributed by atoms with E-state index < -0.39 is 0 Å². The fraction of sp³-hybridized carbons (Fsp3) is 0.188. The van der Waals surface area contributed by atoms with Gasteiger partial charge in [0.05, 0.1) is 12.2 Å². The van der Waals surface area contributed by atoms with E-state index in [1.165, 1.54) is 0 Å². The first-order valence-corrected chi connectivity index (χ1v) is 7.69. The molecule has 0 unspecified atom stereocenters. The van der Waals surface area contributed by atoms with Gasteiger partial charge in [0.15, 0.2) is 0 Å². The van der Waals surface area contributed by atoms with Crippen LogP contribution in [0.2, 0.25) is 5.02 Å². The quantitative estimate of drug-likeness (QED) is 0.817. The Morgan fingerprint density at radius 1 is 1.14 bits per heavy atom. The van der Waals surface area contributed by atoms with Crippen molar-refractivity contribution in [3.05, 3.63) is 57.0 Å². The molecule has 2 N–H and O–H groups in total. The van der Waals surface area contributed by atoms with E-state index >= 15 is 0 Å². The average molecular weight is 368 g/mol. The Balaban J connectivity index is 1.99. The number of hydrogen-bond donors (Lipinski definition) is 2. The lowest BCUT2D eigenvalue weighted by Crippen LogP contribution is -2.22. The minimum atomic E-state index is -0.104. The summed E-state index contributed by atoms with van der Waals surface area (Å²) in [5.41, 5.74) is 3.64. The number of rotatable bonds is 4. The summed E-state index contributed by atoms with van der Waals surface area (Å²) in [7, 11) is 0. The normalized spacial score (nSPS) is 10.3. The van der Waals surface area contributed by atoms with E-state index in [9.17, 15) is 4.79 Å². The number of aryl methyl sites for hydroxylation is 2. The van der Waals surface area contributed by atoms with Crippen molar-refractivity contribution in [3.8, 4) is 0 Å². The molecule has 0 saturated heterocycles. The number of para-hydroxylation sites is 1. The van der Waals surface area contributed by atoms with Crippen LogP contribution < -0.4 is 10.6 Å². The Morgan fingerprint density at radius 3 is 2.57 bits per heavy atom. The van der Waals surface area contributed by atoms with Gasteiger partial charge in [0.1, 0.15) is 0 Å². The number of amides is 1. The Labute approximate surface area is 137 Å². The van der Waals surface area contributed by atoms with Gasteiger partial charge in [-0.3, -0.25) is 4.79 Å². The van der Waals surface area contributed by atoms with Crippen LogP contribution in [0.15, 0.2) is 40.9 Å². The summed E-state index contributed by atoms with van der Waals surface area (Å²) in [4.78, 5) is 12.0. The molecule has 2 aromatic rings. The smallest absolute Gasteiger partial charge is 0.243 e. The highest BCUT2D eigenvalue weighted by Crippen LogP contribution is 2.29. The SMILES string of the molecule is Cc1cc(Br)c(NCC(=O)Nc2ccccc2C)cc1Cl. The fourth-order valence-corrected chi connectivity index (χ4v) is 2.63. The molecule has 3 nitrogen and oxygen atoms in total. The third-order valence-electron chi connectivity index (χ3n) is 3.11. The lowest BCUT2D eigenvalue weighted by Gasteiger charge is -2.12. The highest BCUT2D eigenvalue weighted by Gasteiger charge is 2.07. The van der Waals surface area contributed by atoms with Crippen molar-refractivity contribution >= 4 is 44.8 Å². The van der Waals surface area contributed by atoms with E-state index in [4.69, 9.17) is 11.6 Å². The molecule has 1 amide bonds. The summed E-state index contributed by atoms with van der Waals surface area (Å²) < 4.78 is 0.882.